The summed E-state index contributed by atoms with van der Waals surface area (Å²) in [7, 11) is 0. The van der Waals surface area contributed by atoms with Crippen molar-refractivity contribution >= 4 is 5.97 Å². The highest BCUT2D eigenvalue weighted by Gasteiger charge is 2.72. The van der Waals surface area contributed by atoms with Crippen LogP contribution in [0, 0.1) is 28.6 Å². The molecule has 0 aromatic carbocycles. The lowest BCUT2D eigenvalue weighted by Crippen LogP contribution is -2.42. The van der Waals surface area contributed by atoms with Crippen LogP contribution in [0.4, 0.5) is 0 Å². The molecule has 4 rings (SSSR count). The Kier molecular flexibility index (Phi) is 1.04. The van der Waals surface area contributed by atoms with Gasteiger partial charge in [0, 0.05) is 0 Å². The molecule has 4 aliphatic rings. The third-order valence-electron chi connectivity index (χ3n) is 5.92. The molecule has 0 aromatic heterocycles. The Bertz CT molecular complexity index is 333. The minimum absolute atomic E-state index is 0.279. The number of aliphatic carboxylic acids is 1. The Balaban J connectivity index is 1.85. The molecule has 0 heterocycles. The fourth-order valence-corrected chi connectivity index (χ4v) is 5.61. The molecule has 0 amide bonds. The molecule has 2 nitrogen and oxygen atoms in total. The Hall–Kier alpha value is -0.530. The molecule has 4 aliphatic carbocycles. The van der Waals surface area contributed by atoms with Crippen LogP contribution in [-0.4, -0.2) is 11.1 Å². The van der Waals surface area contributed by atoms with Crippen molar-refractivity contribution in [1.29, 1.82) is 0 Å². The maximum Gasteiger partial charge on any atom is 0.309 e. The van der Waals surface area contributed by atoms with Gasteiger partial charge in [-0.15, -0.1) is 0 Å². The molecule has 4 saturated carbocycles. The normalized spacial score (nSPS) is 62.4. The summed E-state index contributed by atoms with van der Waals surface area (Å²) < 4.78 is 0. The number of hydrogen-bond donors (Lipinski definition) is 1. The molecule has 5 unspecified atom stereocenters. The van der Waals surface area contributed by atoms with Crippen LogP contribution in [0.5, 0.6) is 0 Å². The molecule has 2 heteroatoms. The lowest BCUT2D eigenvalue weighted by Gasteiger charge is -2.49. The number of fused-ring (bicyclic) bond motifs is 2. The van der Waals surface area contributed by atoms with E-state index in [1.165, 1.54) is 19.3 Å². The minimum Gasteiger partial charge on any atom is -0.481 e. The quantitative estimate of drug-likeness (QED) is 0.692. The van der Waals surface area contributed by atoms with Gasteiger partial charge in [0.2, 0.25) is 0 Å². The second-order valence-electron chi connectivity index (χ2n) is 6.34. The van der Waals surface area contributed by atoms with Crippen LogP contribution < -0.4 is 0 Å². The van der Waals surface area contributed by atoms with Crippen molar-refractivity contribution < 1.29 is 9.90 Å². The number of hydrogen-bond acceptors (Lipinski definition) is 1. The Morgan fingerprint density at radius 1 is 1.14 bits per heavy atom. The molecule has 4 fully saturated rings. The molecule has 0 aliphatic heterocycles. The molecule has 0 saturated heterocycles. The van der Waals surface area contributed by atoms with Crippen LogP contribution in [0.2, 0.25) is 0 Å². The third kappa shape index (κ3) is 0.582. The predicted molar refractivity (Wildman–Crippen MR) is 50.7 cm³/mol. The molecule has 5 atom stereocenters. The fraction of sp³-hybridized carbons (Fsp3) is 0.917. The van der Waals surface area contributed by atoms with E-state index in [9.17, 15) is 9.90 Å². The molecule has 14 heavy (non-hydrogen) atoms. The second kappa shape index (κ2) is 1.89. The zero-order valence-corrected chi connectivity index (χ0v) is 8.33. The van der Waals surface area contributed by atoms with Gasteiger partial charge in [0.25, 0.3) is 0 Å². The summed E-state index contributed by atoms with van der Waals surface area (Å²) >= 11 is 0. The number of carboxylic acid groups (broad SMARTS) is 1. The van der Waals surface area contributed by atoms with Gasteiger partial charge in [0.15, 0.2) is 0 Å². The van der Waals surface area contributed by atoms with Crippen molar-refractivity contribution in [2.75, 3.05) is 0 Å². The zero-order valence-electron chi connectivity index (χ0n) is 8.33. The average molecular weight is 192 g/mol. The maximum atomic E-state index is 11.4. The molecule has 0 radical (unpaired) electrons. The lowest BCUT2D eigenvalue weighted by molar-refractivity contribution is -0.151. The van der Waals surface area contributed by atoms with Crippen molar-refractivity contribution in [2.24, 2.45) is 28.6 Å². The number of rotatable bonds is 1. The van der Waals surface area contributed by atoms with Crippen LogP contribution in [0.15, 0.2) is 0 Å². The Morgan fingerprint density at radius 2 is 2.00 bits per heavy atom. The molecule has 1 spiro atoms. The largest absolute Gasteiger partial charge is 0.481 e. The van der Waals surface area contributed by atoms with E-state index in [0.717, 1.165) is 37.0 Å². The van der Waals surface area contributed by atoms with Gasteiger partial charge in [-0.25, -0.2) is 0 Å². The average Bonchev–Trinajstić information content (AvgIpc) is 2.42. The van der Waals surface area contributed by atoms with E-state index >= 15 is 0 Å². The topological polar surface area (TPSA) is 37.3 Å². The van der Waals surface area contributed by atoms with Crippen LogP contribution in [-0.2, 0) is 4.79 Å². The first kappa shape index (κ1) is 7.72. The van der Waals surface area contributed by atoms with E-state index in [0.29, 0.717) is 5.41 Å². The summed E-state index contributed by atoms with van der Waals surface area (Å²) in [6.45, 7) is 0. The van der Waals surface area contributed by atoms with Gasteiger partial charge in [0.05, 0.1) is 5.41 Å². The summed E-state index contributed by atoms with van der Waals surface area (Å²) in [6.07, 6.45) is 7.11. The Morgan fingerprint density at radius 3 is 2.79 bits per heavy atom. The molecular weight excluding hydrogens is 176 g/mol. The smallest absolute Gasteiger partial charge is 0.309 e. The predicted octanol–water partition coefficient (Wildman–Crippen LogP) is 2.29. The van der Waals surface area contributed by atoms with Crippen molar-refractivity contribution in [2.45, 2.75) is 38.5 Å². The molecular formula is C12H16O2. The van der Waals surface area contributed by atoms with Crippen LogP contribution in [0.3, 0.4) is 0 Å². The van der Waals surface area contributed by atoms with Crippen molar-refractivity contribution in [3.05, 3.63) is 0 Å². The first-order valence-electron chi connectivity index (χ1n) is 5.88. The Labute approximate surface area is 83.7 Å². The van der Waals surface area contributed by atoms with Gasteiger partial charge >= 0.3 is 5.97 Å². The second-order valence-corrected chi connectivity index (χ2v) is 6.34. The third-order valence-corrected chi connectivity index (χ3v) is 5.92. The van der Waals surface area contributed by atoms with E-state index in [-0.39, 0.29) is 5.41 Å². The van der Waals surface area contributed by atoms with Gasteiger partial charge in [-0.2, -0.15) is 0 Å². The highest BCUT2D eigenvalue weighted by atomic mass is 16.4. The lowest BCUT2D eigenvalue weighted by atomic mass is 9.55. The summed E-state index contributed by atoms with van der Waals surface area (Å²) in [6, 6.07) is 0. The first-order chi connectivity index (χ1) is 6.65. The van der Waals surface area contributed by atoms with E-state index in [1.54, 1.807) is 0 Å². The van der Waals surface area contributed by atoms with Crippen molar-refractivity contribution in [1.82, 2.24) is 0 Å². The van der Waals surface area contributed by atoms with Gasteiger partial charge in [-0.05, 0) is 61.7 Å². The van der Waals surface area contributed by atoms with Gasteiger partial charge in [0.1, 0.15) is 0 Å². The number of carbonyl (C=O) groups is 1. The SMILES string of the molecule is O=C(O)C12CC3CC4CC(C1)C4(C3)C2. The van der Waals surface area contributed by atoms with E-state index in [4.69, 9.17) is 0 Å². The van der Waals surface area contributed by atoms with E-state index in [1.807, 2.05) is 0 Å². The highest BCUT2D eigenvalue weighted by molar-refractivity contribution is 5.76. The zero-order chi connectivity index (χ0) is 9.55. The summed E-state index contributed by atoms with van der Waals surface area (Å²) in [5, 5.41) is 9.41. The standard InChI is InChI=1S/C12H16O2/c13-10(14)11-3-7-1-8-2-9(5-11)12(8,4-7)6-11/h7-9H,1-6H2,(H,13,14). The molecule has 3 bridgehead atoms. The van der Waals surface area contributed by atoms with E-state index in [2.05, 4.69) is 0 Å². The van der Waals surface area contributed by atoms with Gasteiger partial charge in [-0.3, -0.25) is 4.79 Å². The monoisotopic (exact) mass is 192 g/mol. The summed E-state index contributed by atoms with van der Waals surface area (Å²) in [5.41, 5.74) is 0.250. The molecule has 1 N–H and O–H groups in total. The summed E-state index contributed by atoms with van der Waals surface area (Å²) in [4.78, 5) is 11.4. The fourth-order valence-electron chi connectivity index (χ4n) is 5.61. The summed E-state index contributed by atoms with van der Waals surface area (Å²) in [5.74, 6) is 1.98. The molecule has 76 valence electrons. The highest BCUT2D eigenvalue weighted by Crippen LogP contribution is 2.78. The minimum atomic E-state index is -0.489. The maximum absolute atomic E-state index is 11.4. The van der Waals surface area contributed by atoms with Gasteiger partial charge < -0.3 is 5.11 Å². The van der Waals surface area contributed by atoms with Crippen molar-refractivity contribution in [3.63, 3.8) is 0 Å². The van der Waals surface area contributed by atoms with Gasteiger partial charge in [-0.1, -0.05) is 0 Å². The van der Waals surface area contributed by atoms with E-state index < -0.39 is 5.97 Å². The van der Waals surface area contributed by atoms with Crippen LogP contribution in [0.25, 0.3) is 0 Å². The van der Waals surface area contributed by atoms with Crippen LogP contribution in [0.1, 0.15) is 38.5 Å². The van der Waals surface area contributed by atoms with Crippen LogP contribution >= 0.6 is 0 Å². The molecule has 0 aromatic rings. The first-order valence-corrected chi connectivity index (χ1v) is 5.88. The van der Waals surface area contributed by atoms with Crippen molar-refractivity contribution in [3.8, 4) is 0 Å². The number of carboxylic acids is 1.